The van der Waals surface area contributed by atoms with Gasteiger partial charge in [-0.15, -0.1) is 24.8 Å². The summed E-state index contributed by atoms with van der Waals surface area (Å²) in [6.45, 7) is 0. The van der Waals surface area contributed by atoms with Crippen molar-refractivity contribution in [3.63, 3.8) is 0 Å². The number of nitrogens with zero attached hydrogens (tertiary/aromatic N) is 3. The number of aromatic nitrogens is 4. The normalized spacial score (nSPS) is 12.7. The number of halogens is 2. The van der Waals surface area contributed by atoms with E-state index >= 15 is 0 Å². The Balaban J connectivity index is 0.00000324. The zero-order chi connectivity index (χ0) is 45.3. The van der Waals surface area contributed by atoms with Crippen molar-refractivity contribution in [1.29, 1.82) is 0 Å². The number of benzene rings is 4. The smallest absolute Gasteiger partial charge is 0.294 e. The summed E-state index contributed by atoms with van der Waals surface area (Å²) in [5.74, 6) is 0. The Labute approximate surface area is 389 Å². The summed E-state index contributed by atoms with van der Waals surface area (Å²) in [7, 11) is -18.7. The molecule has 4 aromatic carbocycles. The van der Waals surface area contributed by atoms with Crippen LogP contribution in [0.25, 0.3) is 85.4 Å². The summed E-state index contributed by atoms with van der Waals surface area (Å²) in [6, 6.07) is 30.0. The maximum absolute atomic E-state index is 12.3. The van der Waals surface area contributed by atoms with Gasteiger partial charge in [0.25, 0.3) is 40.5 Å². The third kappa shape index (κ3) is 9.37. The lowest BCUT2D eigenvalue weighted by Crippen LogP contribution is -2.01. The highest BCUT2D eigenvalue weighted by Gasteiger charge is 2.27. The summed E-state index contributed by atoms with van der Waals surface area (Å²) in [4.78, 5) is 11.5. The molecule has 0 saturated heterocycles. The average Bonchev–Trinajstić information content (AvgIpc) is 4.05. The fourth-order valence-electron chi connectivity index (χ4n) is 7.57. The molecule has 2 aliphatic rings. The zero-order valence-electron chi connectivity index (χ0n) is 33.3. The third-order valence-corrected chi connectivity index (χ3v) is 13.9. The van der Waals surface area contributed by atoms with E-state index in [1.54, 1.807) is 41.0 Å². The fourth-order valence-corrected chi connectivity index (χ4v) is 9.49. The van der Waals surface area contributed by atoms with E-state index in [1.165, 1.54) is 97.1 Å². The molecular weight excluding hydrogens is 976 g/mol. The fraction of sp³-hybridized carbons (Fsp3) is 0. The minimum absolute atomic E-state index is 0. The molecule has 0 radical (unpaired) electrons. The first-order chi connectivity index (χ1) is 30.2. The number of hydrogen-bond acceptors (Lipinski definition) is 10. The molecule has 5 N–H and O–H groups in total. The van der Waals surface area contributed by atoms with Gasteiger partial charge in [-0.05, 0) is 132 Å². The van der Waals surface area contributed by atoms with Crippen LogP contribution in [0.1, 0.15) is 22.8 Å². The van der Waals surface area contributed by atoms with Crippen molar-refractivity contribution in [1.82, 2.24) is 19.5 Å². The monoisotopic (exact) mass is 1010 g/mol. The standard InChI is InChI=1S/C44H30N4O12S4.2ClH/c49-61(50,51)35-14-1-26(2-15-35)41-39-22-11-32(47-39)24-31-8-7-29(45-31)23-30-9-10-33(46-30)25-40-42(27-3-16-36(17-4-27)62(52,53)54)43(28-5-18-37(19-6-28)63(55,56)57)44(41)48(40)34-12-20-38(21-13-34)64(58,59)60;;/h1-25,45H,(H,49,50,51)(H,52,53,54)(H,55,56,57)(H,58,59,60);2*1H. The average molecular weight is 1010 g/mol. The van der Waals surface area contributed by atoms with E-state index in [9.17, 15) is 51.9 Å². The number of fused-ring (bicyclic) bond motifs is 8. The van der Waals surface area contributed by atoms with Crippen LogP contribution in [0.3, 0.4) is 0 Å². The molecule has 0 saturated carbocycles. The van der Waals surface area contributed by atoms with E-state index in [1.807, 2.05) is 18.2 Å². The molecule has 22 heteroatoms. The first kappa shape index (κ1) is 47.7. The topological polar surface area (TPSA) is 264 Å². The Hall–Kier alpha value is -6.30. The largest absolute Gasteiger partial charge is 0.355 e. The van der Waals surface area contributed by atoms with Gasteiger partial charge in [0.05, 0.1) is 53.4 Å². The first-order valence-corrected chi connectivity index (χ1v) is 24.5. The predicted octanol–water partition coefficient (Wildman–Crippen LogP) is 8.95. The molecule has 0 atom stereocenters. The van der Waals surface area contributed by atoms with Crippen molar-refractivity contribution < 1.29 is 51.9 Å². The van der Waals surface area contributed by atoms with Gasteiger partial charge in [-0.3, -0.25) is 18.2 Å². The van der Waals surface area contributed by atoms with Crippen molar-refractivity contribution in [2.75, 3.05) is 0 Å². The van der Waals surface area contributed by atoms with Crippen molar-refractivity contribution in [2.45, 2.75) is 19.6 Å². The van der Waals surface area contributed by atoms with Crippen LogP contribution >= 0.6 is 24.8 Å². The molecule has 7 aromatic rings. The van der Waals surface area contributed by atoms with E-state index in [4.69, 9.17) is 9.97 Å². The van der Waals surface area contributed by atoms with Crippen LogP contribution in [0, 0.1) is 0 Å². The van der Waals surface area contributed by atoms with Crippen LogP contribution in [0.2, 0.25) is 0 Å². The van der Waals surface area contributed by atoms with E-state index in [-0.39, 0.29) is 36.0 Å². The van der Waals surface area contributed by atoms with Gasteiger partial charge in [0.1, 0.15) is 0 Å². The van der Waals surface area contributed by atoms with Crippen molar-refractivity contribution >= 4 is 112 Å². The summed E-state index contributed by atoms with van der Waals surface area (Å²) < 4.78 is 140. The molecule has 16 nitrogen and oxygen atoms in total. The second-order valence-corrected chi connectivity index (χ2v) is 20.2. The van der Waals surface area contributed by atoms with E-state index in [2.05, 4.69) is 4.98 Å². The Morgan fingerprint density at radius 3 is 1.21 bits per heavy atom. The second-order valence-electron chi connectivity index (χ2n) is 14.5. The lowest BCUT2D eigenvalue weighted by molar-refractivity contribution is 0.481. The molecule has 0 spiro atoms. The quantitative estimate of drug-likeness (QED) is 0.0890. The second kappa shape index (κ2) is 17.5. The van der Waals surface area contributed by atoms with Gasteiger partial charge in [0.15, 0.2) is 0 Å². The third-order valence-electron chi connectivity index (χ3n) is 10.4. The predicted molar refractivity (Wildman–Crippen MR) is 254 cm³/mol. The van der Waals surface area contributed by atoms with Crippen LogP contribution in [-0.4, -0.2) is 71.4 Å². The minimum atomic E-state index is -4.69. The minimum Gasteiger partial charge on any atom is -0.355 e. The van der Waals surface area contributed by atoms with Crippen LogP contribution in [-0.2, 0) is 40.5 Å². The summed E-state index contributed by atoms with van der Waals surface area (Å²) >= 11 is 0. The Kier molecular flexibility index (Phi) is 12.6. The molecule has 0 amide bonds. The molecule has 8 bridgehead atoms. The van der Waals surface area contributed by atoms with Crippen LogP contribution < -0.4 is 0 Å². The zero-order valence-corrected chi connectivity index (χ0v) is 38.2. The first-order valence-electron chi connectivity index (χ1n) is 18.7. The lowest BCUT2D eigenvalue weighted by Gasteiger charge is -2.14. The number of nitrogens with one attached hydrogen (secondary N) is 1. The molecular formula is C44H32Cl2N4O12S4. The number of rotatable bonds is 8. The number of H-pyrrole nitrogens is 1. The molecule has 9 rings (SSSR count). The van der Waals surface area contributed by atoms with Crippen molar-refractivity contribution in [3.8, 4) is 39.1 Å². The summed E-state index contributed by atoms with van der Waals surface area (Å²) in [5.41, 5.74) is 6.08. The van der Waals surface area contributed by atoms with Gasteiger partial charge in [-0.25, -0.2) is 9.97 Å². The van der Waals surface area contributed by atoms with Gasteiger partial charge < -0.3 is 9.55 Å². The maximum atomic E-state index is 12.3. The number of hydrogen-bond donors (Lipinski definition) is 5. The molecule has 338 valence electrons. The highest BCUT2D eigenvalue weighted by atomic mass is 35.5. The van der Waals surface area contributed by atoms with Gasteiger partial charge in [-0.2, -0.15) is 33.7 Å². The van der Waals surface area contributed by atoms with E-state index in [0.717, 1.165) is 5.52 Å². The Morgan fingerprint density at radius 2 is 0.773 bits per heavy atom. The van der Waals surface area contributed by atoms with Gasteiger partial charge in [0.2, 0.25) is 0 Å². The molecule has 0 unspecified atom stereocenters. The van der Waals surface area contributed by atoms with Crippen molar-refractivity contribution in [2.24, 2.45) is 0 Å². The molecule has 3 aromatic heterocycles. The molecule has 66 heavy (non-hydrogen) atoms. The molecule has 0 fully saturated rings. The van der Waals surface area contributed by atoms with Crippen LogP contribution in [0.15, 0.2) is 147 Å². The van der Waals surface area contributed by atoms with Crippen molar-refractivity contribution in [3.05, 3.63) is 150 Å². The Morgan fingerprint density at radius 1 is 0.409 bits per heavy atom. The van der Waals surface area contributed by atoms with Crippen LogP contribution in [0.5, 0.6) is 0 Å². The Bertz CT molecular complexity index is 3800. The highest BCUT2D eigenvalue weighted by molar-refractivity contribution is 7.86. The van der Waals surface area contributed by atoms with E-state index in [0.29, 0.717) is 67.2 Å². The molecule has 2 aliphatic heterocycles. The number of aromatic amines is 1. The van der Waals surface area contributed by atoms with Gasteiger partial charge in [-0.1, -0.05) is 36.4 Å². The van der Waals surface area contributed by atoms with Crippen LogP contribution in [0.4, 0.5) is 0 Å². The summed E-state index contributed by atoms with van der Waals surface area (Å²) in [5, 5.41) is 0. The van der Waals surface area contributed by atoms with Gasteiger partial charge in [0, 0.05) is 33.4 Å². The molecule has 5 heterocycles. The maximum Gasteiger partial charge on any atom is 0.294 e. The van der Waals surface area contributed by atoms with E-state index < -0.39 is 60.1 Å². The van der Waals surface area contributed by atoms with Gasteiger partial charge >= 0.3 is 0 Å². The SMILES string of the molecule is Cl.Cl.O=S(=O)(O)c1ccc(-c2c(-c3ccc(S(=O)(=O)O)cc3)c3c(-c4ccc(S(=O)(=O)O)cc4)c4nc(cc5ccc(cc6nc(cc2n3-c2ccc(S(=O)(=O)O)cc2)C=C6)[nH]5)C=C4)cc1. The highest BCUT2D eigenvalue weighted by Crippen LogP contribution is 2.47. The summed E-state index contributed by atoms with van der Waals surface area (Å²) in [6.07, 6.45) is 6.97. The lowest BCUT2D eigenvalue weighted by atomic mass is 9.93. The molecule has 0 aliphatic carbocycles.